The molecule has 2 aromatic rings. The molecule has 0 spiro atoms. The molecule has 0 bridgehead atoms. The van der Waals surface area contributed by atoms with Crippen molar-refractivity contribution in [2.24, 2.45) is 0 Å². The highest BCUT2D eigenvalue weighted by atomic mass is 19.1. The van der Waals surface area contributed by atoms with Crippen molar-refractivity contribution >= 4 is 17.5 Å². The number of anilines is 1. The summed E-state index contributed by atoms with van der Waals surface area (Å²) in [5.41, 5.74) is 0.329. The zero-order valence-electron chi connectivity index (χ0n) is 16.5. The zero-order chi connectivity index (χ0) is 21.0. The van der Waals surface area contributed by atoms with Crippen LogP contribution in [-0.2, 0) is 4.79 Å². The van der Waals surface area contributed by atoms with Crippen LogP contribution in [-0.4, -0.2) is 35.4 Å². The van der Waals surface area contributed by atoms with Gasteiger partial charge in [-0.15, -0.1) is 0 Å². The third-order valence-electron chi connectivity index (χ3n) is 5.08. The maximum absolute atomic E-state index is 13.2. The fraction of sp³-hybridized carbons (Fsp3) is 0.364. The smallest absolute Gasteiger partial charge is 0.260 e. The van der Waals surface area contributed by atoms with Crippen LogP contribution < -0.4 is 10.1 Å². The van der Waals surface area contributed by atoms with E-state index < -0.39 is 17.5 Å². The molecule has 154 valence electrons. The van der Waals surface area contributed by atoms with Gasteiger partial charge >= 0.3 is 0 Å². The Morgan fingerprint density at radius 2 is 1.62 bits per heavy atom. The summed E-state index contributed by atoms with van der Waals surface area (Å²) in [6.45, 7) is 4.03. The van der Waals surface area contributed by atoms with E-state index in [0.717, 1.165) is 37.5 Å². The van der Waals surface area contributed by atoms with E-state index in [1.807, 2.05) is 18.7 Å². The van der Waals surface area contributed by atoms with Crippen molar-refractivity contribution in [1.82, 2.24) is 4.90 Å². The van der Waals surface area contributed by atoms with Gasteiger partial charge in [0, 0.05) is 29.4 Å². The first-order valence-electron chi connectivity index (χ1n) is 9.65. The number of carbonyl (C=O) groups excluding carboxylic acids is 2. The third-order valence-corrected chi connectivity index (χ3v) is 5.08. The maximum Gasteiger partial charge on any atom is 0.260 e. The Hall–Kier alpha value is -2.96. The number of hydrogen-bond donors (Lipinski definition) is 1. The lowest BCUT2D eigenvalue weighted by Gasteiger charge is -2.38. The highest BCUT2D eigenvalue weighted by Gasteiger charge is 2.28. The van der Waals surface area contributed by atoms with Gasteiger partial charge in [-0.25, -0.2) is 8.78 Å². The SMILES string of the molecule is CC1CCCC(C)N1C(=O)COc1ccc(C(=O)Nc2cc(F)cc(F)c2)cc1. The molecule has 5 nitrogen and oxygen atoms in total. The molecule has 1 aliphatic heterocycles. The molecule has 0 aliphatic carbocycles. The van der Waals surface area contributed by atoms with Crippen LogP contribution in [0.1, 0.15) is 43.5 Å². The van der Waals surface area contributed by atoms with Crippen LogP contribution in [0.25, 0.3) is 0 Å². The van der Waals surface area contributed by atoms with Gasteiger partial charge < -0.3 is 15.0 Å². The average molecular weight is 402 g/mol. The van der Waals surface area contributed by atoms with Crippen molar-refractivity contribution < 1.29 is 23.1 Å². The Labute approximate surface area is 168 Å². The van der Waals surface area contributed by atoms with Gasteiger partial charge in [0.25, 0.3) is 11.8 Å². The van der Waals surface area contributed by atoms with E-state index in [9.17, 15) is 18.4 Å². The highest BCUT2D eigenvalue weighted by molar-refractivity contribution is 6.04. The standard InChI is InChI=1S/C22H24F2N2O3/c1-14-4-3-5-15(2)26(14)21(27)13-29-20-8-6-16(7-9-20)22(28)25-19-11-17(23)10-18(24)12-19/h6-12,14-15H,3-5,13H2,1-2H3,(H,25,28). The number of piperidine rings is 1. The first kappa shape index (κ1) is 20.8. The molecule has 0 radical (unpaired) electrons. The van der Waals surface area contributed by atoms with Crippen LogP contribution in [0.2, 0.25) is 0 Å². The van der Waals surface area contributed by atoms with Crippen LogP contribution in [0, 0.1) is 11.6 Å². The summed E-state index contributed by atoms with van der Waals surface area (Å²) < 4.78 is 32.0. The predicted octanol–water partition coefficient (Wildman–Crippen LogP) is 4.39. The summed E-state index contributed by atoms with van der Waals surface area (Å²) in [7, 11) is 0. The predicted molar refractivity (Wildman–Crippen MR) is 106 cm³/mol. The summed E-state index contributed by atoms with van der Waals surface area (Å²) in [6, 6.07) is 9.42. The summed E-state index contributed by atoms with van der Waals surface area (Å²) in [5.74, 6) is -1.64. The lowest BCUT2D eigenvalue weighted by molar-refractivity contribution is -0.139. The van der Waals surface area contributed by atoms with Crippen molar-refractivity contribution in [3.63, 3.8) is 0 Å². The molecule has 2 aromatic carbocycles. The quantitative estimate of drug-likeness (QED) is 0.807. The number of amides is 2. The number of carbonyl (C=O) groups is 2. The number of nitrogens with zero attached hydrogens (tertiary/aromatic N) is 1. The molecular weight excluding hydrogens is 378 g/mol. The molecule has 1 aliphatic rings. The van der Waals surface area contributed by atoms with E-state index in [2.05, 4.69) is 5.32 Å². The van der Waals surface area contributed by atoms with E-state index in [-0.39, 0.29) is 30.3 Å². The number of benzene rings is 2. The van der Waals surface area contributed by atoms with Crippen molar-refractivity contribution in [3.8, 4) is 5.75 Å². The number of nitrogens with one attached hydrogen (secondary N) is 1. The van der Waals surface area contributed by atoms with Gasteiger partial charge in [-0.05, 0) is 69.5 Å². The van der Waals surface area contributed by atoms with Crippen molar-refractivity contribution in [1.29, 1.82) is 0 Å². The van der Waals surface area contributed by atoms with Gasteiger partial charge in [0.1, 0.15) is 17.4 Å². The fourth-order valence-corrected chi connectivity index (χ4v) is 3.66. The summed E-state index contributed by atoms with van der Waals surface area (Å²) in [4.78, 5) is 26.6. The largest absolute Gasteiger partial charge is 0.484 e. The molecule has 3 rings (SSSR count). The monoisotopic (exact) mass is 402 g/mol. The zero-order valence-corrected chi connectivity index (χ0v) is 16.5. The number of ether oxygens (including phenoxy) is 1. The van der Waals surface area contributed by atoms with Gasteiger partial charge in [-0.2, -0.15) is 0 Å². The Morgan fingerprint density at radius 1 is 1.03 bits per heavy atom. The number of rotatable bonds is 5. The third kappa shape index (κ3) is 5.31. The van der Waals surface area contributed by atoms with E-state index in [1.165, 1.54) is 12.1 Å². The second-order valence-corrected chi connectivity index (χ2v) is 7.36. The van der Waals surface area contributed by atoms with Gasteiger partial charge in [0.2, 0.25) is 0 Å². The van der Waals surface area contributed by atoms with Crippen LogP contribution in [0.4, 0.5) is 14.5 Å². The van der Waals surface area contributed by atoms with Crippen molar-refractivity contribution in [2.75, 3.05) is 11.9 Å². The normalized spacial score (nSPS) is 19.0. The van der Waals surface area contributed by atoms with Crippen LogP contribution in [0.5, 0.6) is 5.75 Å². The molecule has 0 aromatic heterocycles. The Balaban J connectivity index is 1.57. The summed E-state index contributed by atoms with van der Waals surface area (Å²) >= 11 is 0. The molecule has 1 heterocycles. The van der Waals surface area contributed by atoms with Crippen LogP contribution in [0.15, 0.2) is 42.5 Å². The van der Waals surface area contributed by atoms with Crippen LogP contribution >= 0.6 is 0 Å². The second kappa shape index (κ2) is 9.03. The minimum atomic E-state index is -0.772. The lowest BCUT2D eigenvalue weighted by Crippen LogP contribution is -2.49. The molecule has 1 saturated heterocycles. The lowest BCUT2D eigenvalue weighted by atomic mass is 9.97. The topological polar surface area (TPSA) is 58.6 Å². The number of halogens is 2. The van der Waals surface area contributed by atoms with Gasteiger partial charge in [0.05, 0.1) is 0 Å². The fourth-order valence-electron chi connectivity index (χ4n) is 3.66. The molecule has 1 fully saturated rings. The van der Waals surface area contributed by atoms with Gasteiger partial charge in [-0.1, -0.05) is 0 Å². The molecular formula is C22H24F2N2O3. The van der Waals surface area contributed by atoms with Gasteiger partial charge in [-0.3, -0.25) is 9.59 Å². The van der Waals surface area contributed by atoms with E-state index >= 15 is 0 Å². The Morgan fingerprint density at radius 3 is 2.21 bits per heavy atom. The van der Waals surface area contributed by atoms with Gasteiger partial charge in [0.15, 0.2) is 6.61 Å². The van der Waals surface area contributed by atoms with Crippen molar-refractivity contribution in [3.05, 3.63) is 59.7 Å². The molecule has 2 unspecified atom stereocenters. The molecule has 2 atom stereocenters. The van der Waals surface area contributed by atoms with Crippen molar-refractivity contribution in [2.45, 2.75) is 45.2 Å². The van der Waals surface area contributed by atoms with E-state index in [1.54, 1.807) is 12.1 Å². The molecule has 7 heteroatoms. The first-order valence-corrected chi connectivity index (χ1v) is 9.65. The summed E-state index contributed by atoms with van der Waals surface area (Å²) in [5, 5.41) is 2.44. The second-order valence-electron chi connectivity index (χ2n) is 7.36. The van der Waals surface area contributed by atoms with E-state index in [0.29, 0.717) is 11.3 Å². The highest BCUT2D eigenvalue weighted by Crippen LogP contribution is 2.23. The molecule has 0 saturated carbocycles. The first-order chi connectivity index (χ1) is 13.8. The Bertz CT molecular complexity index is 856. The molecule has 2 amide bonds. The Kier molecular flexibility index (Phi) is 6.46. The molecule has 29 heavy (non-hydrogen) atoms. The number of hydrogen-bond acceptors (Lipinski definition) is 3. The van der Waals surface area contributed by atoms with E-state index in [4.69, 9.17) is 4.74 Å². The number of likely N-dealkylation sites (tertiary alicyclic amines) is 1. The van der Waals surface area contributed by atoms with Crippen LogP contribution in [0.3, 0.4) is 0 Å². The maximum atomic E-state index is 13.2. The molecule has 1 N–H and O–H groups in total. The minimum absolute atomic E-state index is 0.0307. The average Bonchev–Trinajstić information content (AvgIpc) is 2.66. The minimum Gasteiger partial charge on any atom is -0.484 e. The summed E-state index contributed by atoms with van der Waals surface area (Å²) in [6.07, 6.45) is 3.11.